The Hall–Kier alpha value is -2.67. The number of anilines is 2. The van der Waals surface area contributed by atoms with Crippen molar-refractivity contribution in [2.75, 3.05) is 17.2 Å². The predicted molar refractivity (Wildman–Crippen MR) is 158 cm³/mol. The topological polar surface area (TPSA) is 82.7 Å². The first kappa shape index (κ1) is 28.9. The highest BCUT2D eigenvalue weighted by molar-refractivity contribution is 7.19. The number of nitrogens with one attached hydrogen (secondary N) is 3. The van der Waals surface area contributed by atoms with E-state index in [0.717, 1.165) is 36.5 Å². The van der Waals surface area contributed by atoms with Crippen molar-refractivity contribution in [1.82, 2.24) is 15.2 Å². The van der Waals surface area contributed by atoms with Crippen LogP contribution in [0.5, 0.6) is 0 Å². The molecular weight excluding hydrogens is 478 g/mol. The summed E-state index contributed by atoms with van der Waals surface area (Å²) in [4.78, 5) is 15.6. The van der Waals surface area contributed by atoms with Crippen LogP contribution in [0, 0.1) is 0 Å². The number of unbranched alkanes of at least 4 members (excludes halogenated alkanes) is 11. The predicted octanol–water partition coefficient (Wildman–Crippen LogP) is 8.65. The molecule has 0 radical (unpaired) electrons. The van der Waals surface area contributed by atoms with Crippen molar-refractivity contribution in [1.29, 1.82) is 0 Å². The highest BCUT2D eigenvalue weighted by Gasteiger charge is 2.09. The van der Waals surface area contributed by atoms with Gasteiger partial charge in [0.1, 0.15) is 0 Å². The van der Waals surface area contributed by atoms with E-state index in [1.807, 2.05) is 6.07 Å². The monoisotopic (exact) mass is 523 g/mol. The molecule has 202 valence electrons. The number of hydrogen-bond donors (Lipinski definition) is 3. The summed E-state index contributed by atoms with van der Waals surface area (Å²) in [6.45, 7) is 3.03. The Morgan fingerprint density at radius 3 is 2.35 bits per heavy atom. The number of amides is 1. The van der Waals surface area contributed by atoms with Crippen molar-refractivity contribution in [3.8, 4) is 0 Å². The van der Waals surface area contributed by atoms with Crippen molar-refractivity contribution in [2.24, 2.45) is 0 Å². The summed E-state index contributed by atoms with van der Waals surface area (Å²) in [6, 6.07) is 8.32. The smallest absolute Gasteiger partial charge is 0.226 e. The van der Waals surface area contributed by atoms with Crippen LogP contribution >= 0.6 is 11.3 Å². The molecule has 0 spiro atoms. The van der Waals surface area contributed by atoms with E-state index in [1.54, 1.807) is 0 Å². The van der Waals surface area contributed by atoms with Gasteiger partial charge in [0.2, 0.25) is 16.2 Å². The van der Waals surface area contributed by atoms with Crippen molar-refractivity contribution in [3.05, 3.63) is 48.2 Å². The fourth-order valence-electron chi connectivity index (χ4n) is 4.53. The molecular formula is C30H45N5OS. The molecule has 0 saturated carbocycles. The van der Waals surface area contributed by atoms with Gasteiger partial charge in [-0.05, 0) is 50.2 Å². The minimum atomic E-state index is 0.0270. The molecule has 3 aromatic rings. The van der Waals surface area contributed by atoms with E-state index in [0.29, 0.717) is 11.6 Å². The van der Waals surface area contributed by atoms with Gasteiger partial charge in [0.15, 0.2) is 0 Å². The zero-order valence-electron chi connectivity index (χ0n) is 22.6. The average Bonchev–Trinajstić information content (AvgIpc) is 3.53. The Labute approximate surface area is 226 Å². The van der Waals surface area contributed by atoms with E-state index in [4.69, 9.17) is 0 Å². The van der Waals surface area contributed by atoms with Crippen molar-refractivity contribution < 1.29 is 4.79 Å². The number of benzene rings is 1. The SMILES string of the molecule is CCCCCCCC/C=C/CCCCCCCC(=O)Nc1nnc(NCCc2c[nH]c3ccccc23)s1. The van der Waals surface area contributed by atoms with Gasteiger partial charge in [0, 0.05) is 30.1 Å². The number of nitrogens with zero attached hydrogens (tertiary/aromatic N) is 2. The first-order chi connectivity index (χ1) is 18.3. The third-order valence-corrected chi connectivity index (χ3v) is 7.48. The summed E-state index contributed by atoms with van der Waals surface area (Å²) in [5, 5.41) is 17.0. The van der Waals surface area contributed by atoms with Gasteiger partial charge < -0.3 is 15.6 Å². The number of fused-ring (bicyclic) bond motifs is 1. The maximum absolute atomic E-state index is 12.2. The van der Waals surface area contributed by atoms with E-state index in [-0.39, 0.29) is 5.91 Å². The quantitative estimate of drug-likeness (QED) is 0.102. The second-order valence-electron chi connectivity index (χ2n) is 9.83. The molecule has 37 heavy (non-hydrogen) atoms. The summed E-state index contributed by atoms with van der Waals surface area (Å²) >= 11 is 1.39. The van der Waals surface area contributed by atoms with Gasteiger partial charge >= 0.3 is 0 Å². The standard InChI is InChI=1S/C30H45N5OS/c1-2-3-4-5-6-7-8-9-10-11-12-13-14-15-16-21-28(36)33-30-35-34-29(37-30)31-23-22-25-24-32-27-20-18-17-19-26(25)27/h9-10,17-20,24,32H,2-8,11-16,21-23H2,1H3,(H,31,34)(H,33,35,36)/b10-9+. The molecule has 0 unspecified atom stereocenters. The van der Waals surface area contributed by atoms with E-state index >= 15 is 0 Å². The van der Waals surface area contributed by atoms with Crippen molar-refractivity contribution in [3.63, 3.8) is 0 Å². The number of para-hydroxylation sites is 1. The first-order valence-corrected chi connectivity index (χ1v) is 15.1. The van der Waals surface area contributed by atoms with E-state index in [9.17, 15) is 4.79 Å². The van der Waals surface area contributed by atoms with Crippen LogP contribution in [0.25, 0.3) is 10.9 Å². The van der Waals surface area contributed by atoms with E-state index in [2.05, 4.69) is 69.3 Å². The molecule has 0 saturated heterocycles. The second kappa shape index (κ2) is 17.7. The molecule has 2 aromatic heterocycles. The summed E-state index contributed by atoms with van der Waals surface area (Å²) in [7, 11) is 0. The van der Waals surface area contributed by atoms with Crippen molar-refractivity contribution >= 4 is 38.4 Å². The lowest BCUT2D eigenvalue weighted by Gasteiger charge is -2.02. The summed E-state index contributed by atoms with van der Waals surface area (Å²) in [5.74, 6) is 0.0270. The van der Waals surface area contributed by atoms with Gasteiger partial charge in [-0.2, -0.15) is 0 Å². The Kier molecular flexibility index (Phi) is 13.8. The van der Waals surface area contributed by atoms with Gasteiger partial charge in [0.25, 0.3) is 0 Å². The molecule has 0 aliphatic carbocycles. The molecule has 1 aromatic carbocycles. The molecule has 0 aliphatic rings. The normalized spacial score (nSPS) is 11.5. The van der Waals surface area contributed by atoms with Gasteiger partial charge in [-0.1, -0.05) is 100.0 Å². The number of rotatable bonds is 20. The molecule has 0 fully saturated rings. The molecule has 2 heterocycles. The average molecular weight is 524 g/mol. The minimum Gasteiger partial charge on any atom is -0.361 e. The van der Waals surface area contributed by atoms with Crippen LogP contribution in [0.15, 0.2) is 42.6 Å². The summed E-state index contributed by atoms with van der Waals surface area (Å²) in [6.07, 6.45) is 24.6. The van der Waals surface area contributed by atoms with Crippen LogP contribution in [-0.2, 0) is 11.2 Å². The van der Waals surface area contributed by atoms with E-state index in [1.165, 1.54) is 92.9 Å². The lowest BCUT2D eigenvalue weighted by Crippen LogP contribution is -2.10. The highest BCUT2D eigenvalue weighted by Crippen LogP contribution is 2.22. The Balaban J connectivity index is 1.16. The van der Waals surface area contributed by atoms with Gasteiger partial charge in [-0.15, -0.1) is 10.2 Å². The Morgan fingerprint density at radius 1 is 0.892 bits per heavy atom. The molecule has 3 N–H and O–H groups in total. The van der Waals surface area contributed by atoms with Crippen LogP contribution in [-0.4, -0.2) is 27.6 Å². The van der Waals surface area contributed by atoms with E-state index < -0.39 is 0 Å². The number of aromatic amines is 1. The third kappa shape index (κ3) is 11.5. The van der Waals surface area contributed by atoms with Crippen LogP contribution in [0.3, 0.4) is 0 Å². The number of hydrogen-bond acceptors (Lipinski definition) is 5. The lowest BCUT2D eigenvalue weighted by molar-refractivity contribution is -0.116. The van der Waals surface area contributed by atoms with Crippen molar-refractivity contribution in [2.45, 2.75) is 103 Å². The fraction of sp³-hybridized carbons (Fsp3) is 0.567. The number of aromatic nitrogens is 3. The molecule has 6 nitrogen and oxygen atoms in total. The molecule has 7 heteroatoms. The Bertz CT molecular complexity index is 1060. The summed E-state index contributed by atoms with van der Waals surface area (Å²) in [5.41, 5.74) is 2.44. The zero-order valence-corrected chi connectivity index (χ0v) is 23.4. The van der Waals surface area contributed by atoms with Crippen LogP contribution in [0.4, 0.5) is 10.3 Å². The lowest BCUT2D eigenvalue weighted by atomic mass is 10.1. The largest absolute Gasteiger partial charge is 0.361 e. The van der Waals surface area contributed by atoms with Gasteiger partial charge in [-0.25, -0.2) is 0 Å². The maximum atomic E-state index is 12.2. The maximum Gasteiger partial charge on any atom is 0.226 e. The van der Waals surface area contributed by atoms with Crippen LogP contribution in [0.1, 0.15) is 102 Å². The third-order valence-electron chi connectivity index (χ3n) is 6.68. The number of H-pyrrole nitrogens is 1. The minimum absolute atomic E-state index is 0.0270. The Morgan fingerprint density at radius 2 is 1.57 bits per heavy atom. The zero-order chi connectivity index (χ0) is 26.0. The summed E-state index contributed by atoms with van der Waals surface area (Å²) < 4.78 is 0. The number of allylic oxidation sites excluding steroid dienone is 2. The molecule has 0 atom stereocenters. The van der Waals surface area contributed by atoms with Crippen LogP contribution in [0.2, 0.25) is 0 Å². The fourth-order valence-corrected chi connectivity index (χ4v) is 5.21. The molecule has 0 bridgehead atoms. The molecule has 0 aliphatic heterocycles. The number of carbonyl (C=O) groups excluding carboxylic acids is 1. The number of carbonyl (C=O) groups is 1. The first-order valence-electron chi connectivity index (χ1n) is 14.3. The highest BCUT2D eigenvalue weighted by atomic mass is 32.1. The van der Waals surface area contributed by atoms with Gasteiger partial charge in [-0.3, -0.25) is 4.79 Å². The van der Waals surface area contributed by atoms with Crippen LogP contribution < -0.4 is 10.6 Å². The molecule has 1 amide bonds. The van der Waals surface area contributed by atoms with Gasteiger partial charge in [0.05, 0.1) is 0 Å². The second-order valence-corrected chi connectivity index (χ2v) is 10.8. The molecule has 3 rings (SSSR count).